The molecule has 0 amide bonds. The lowest BCUT2D eigenvalue weighted by atomic mass is 9.65. The quantitative estimate of drug-likeness (QED) is 0.745. The molecule has 2 unspecified atom stereocenters. The van der Waals surface area contributed by atoms with Crippen LogP contribution < -0.4 is 0 Å². The van der Waals surface area contributed by atoms with Gasteiger partial charge in [-0.15, -0.1) is 0 Å². The Hall–Kier alpha value is -0.820. The van der Waals surface area contributed by atoms with E-state index in [1.807, 2.05) is 7.11 Å². The molecule has 17 heavy (non-hydrogen) atoms. The van der Waals surface area contributed by atoms with Gasteiger partial charge in [-0.2, -0.15) is 0 Å². The van der Waals surface area contributed by atoms with E-state index in [1.54, 1.807) is 0 Å². The average molecular weight is 232 g/mol. The minimum atomic E-state index is 0.225. The van der Waals surface area contributed by atoms with Gasteiger partial charge in [-0.1, -0.05) is 52.0 Å². The molecule has 1 aromatic rings. The molecule has 0 radical (unpaired) electrons. The van der Waals surface area contributed by atoms with Crippen molar-refractivity contribution in [3.8, 4) is 0 Å². The Balaban J connectivity index is 2.53. The molecule has 0 aliphatic heterocycles. The van der Waals surface area contributed by atoms with Crippen LogP contribution in [0.5, 0.6) is 0 Å². The summed E-state index contributed by atoms with van der Waals surface area (Å²) in [7, 11) is 1.85. The van der Waals surface area contributed by atoms with Gasteiger partial charge < -0.3 is 4.74 Å². The molecule has 2 rings (SSSR count). The third kappa shape index (κ3) is 2.13. The fourth-order valence-corrected chi connectivity index (χ4v) is 3.36. The number of rotatable bonds is 2. The molecule has 0 spiro atoms. The molecule has 2 atom stereocenters. The Bertz CT molecular complexity index is 392. The second-order valence-corrected chi connectivity index (χ2v) is 6.22. The Kier molecular flexibility index (Phi) is 3.31. The van der Waals surface area contributed by atoms with Crippen LogP contribution in [0.3, 0.4) is 0 Å². The summed E-state index contributed by atoms with van der Waals surface area (Å²) < 4.78 is 5.76. The van der Waals surface area contributed by atoms with Crippen LogP contribution in [0.4, 0.5) is 0 Å². The summed E-state index contributed by atoms with van der Waals surface area (Å²) in [6.07, 6.45) is 1.46. The number of hydrogen-bond donors (Lipinski definition) is 0. The van der Waals surface area contributed by atoms with Gasteiger partial charge in [0.2, 0.25) is 0 Å². The van der Waals surface area contributed by atoms with Crippen LogP contribution in [0, 0.1) is 5.92 Å². The molecular weight excluding hydrogens is 208 g/mol. The van der Waals surface area contributed by atoms with Crippen molar-refractivity contribution in [3.05, 3.63) is 35.4 Å². The predicted molar refractivity (Wildman–Crippen MR) is 72.5 cm³/mol. The zero-order chi connectivity index (χ0) is 12.6. The van der Waals surface area contributed by atoms with E-state index < -0.39 is 0 Å². The SMILES string of the molecule is COC1CC(C)(C)c2ccccc2C1C(C)C. The number of methoxy groups -OCH3 is 1. The molecule has 0 saturated carbocycles. The van der Waals surface area contributed by atoms with Gasteiger partial charge in [-0.05, 0) is 28.9 Å². The van der Waals surface area contributed by atoms with E-state index in [-0.39, 0.29) is 5.41 Å². The molecule has 1 aliphatic rings. The van der Waals surface area contributed by atoms with Crippen molar-refractivity contribution >= 4 is 0 Å². The second kappa shape index (κ2) is 4.45. The zero-order valence-electron chi connectivity index (χ0n) is 11.7. The van der Waals surface area contributed by atoms with Crippen LogP contribution in [0.15, 0.2) is 24.3 Å². The molecule has 1 aliphatic carbocycles. The highest BCUT2D eigenvalue weighted by atomic mass is 16.5. The molecule has 0 bridgehead atoms. The van der Waals surface area contributed by atoms with E-state index >= 15 is 0 Å². The number of benzene rings is 1. The van der Waals surface area contributed by atoms with Gasteiger partial charge in [-0.25, -0.2) is 0 Å². The molecule has 0 saturated heterocycles. The summed E-state index contributed by atoms with van der Waals surface area (Å²) in [4.78, 5) is 0. The van der Waals surface area contributed by atoms with Gasteiger partial charge in [-0.3, -0.25) is 0 Å². The van der Waals surface area contributed by atoms with Gasteiger partial charge in [0.05, 0.1) is 6.10 Å². The molecule has 0 N–H and O–H groups in total. The van der Waals surface area contributed by atoms with Gasteiger partial charge in [0.1, 0.15) is 0 Å². The molecule has 0 fully saturated rings. The lowest BCUT2D eigenvalue weighted by Crippen LogP contribution is -2.39. The van der Waals surface area contributed by atoms with Crippen molar-refractivity contribution in [2.24, 2.45) is 5.92 Å². The first-order valence-electron chi connectivity index (χ1n) is 6.59. The Morgan fingerprint density at radius 1 is 1.24 bits per heavy atom. The van der Waals surface area contributed by atoms with Crippen molar-refractivity contribution < 1.29 is 4.74 Å². The maximum atomic E-state index is 5.76. The molecule has 1 heteroatoms. The van der Waals surface area contributed by atoms with E-state index in [4.69, 9.17) is 4.74 Å². The lowest BCUT2D eigenvalue weighted by molar-refractivity contribution is 0.0331. The maximum Gasteiger partial charge on any atom is 0.0650 e. The maximum absolute atomic E-state index is 5.76. The minimum absolute atomic E-state index is 0.225. The first-order valence-corrected chi connectivity index (χ1v) is 6.59. The van der Waals surface area contributed by atoms with E-state index in [1.165, 1.54) is 11.1 Å². The van der Waals surface area contributed by atoms with Crippen LogP contribution in [-0.2, 0) is 10.2 Å². The summed E-state index contributed by atoms with van der Waals surface area (Å²) in [5, 5.41) is 0. The van der Waals surface area contributed by atoms with E-state index in [0.29, 0.717) is 17.9 Å². The summed E-state index contributed by atoms with van der Waals surface area (Å²) >= 11 is 0. The highest BCUT2D eigenvalue weighted by Crippen LogP contribution is 2.46. The van der Waals surface area contributed by atoms with Gasteiger partial charge in [0.15, 0.2) is 0 Å². The standard InChI is InChI=1S/C16H24O/c1-11(2)15-12-8-6-7-9-13(12)16(3,4)10-14(15)17-5/h6-9,11,14-15H,10H2,1-5H3. The smallest absolute Gasteiger partial charge is 0.0650 e. The van der Waals surface area contributed by atoms with Gasteiger partial charge >= 0.3 is 0 Å². The molecule has 0 heterocycles. The fourth-order valence-electron chi connectivity index (χ4n) is 3.36. The first kappa shape index (κ1) is 12.6. The fraction of sp³-hybridized carbons (Fsp3) is 0.625. The minimum Gasteiger partial charge on any atom is -0.381 e. The average Bonchev–Trinajstić information content (AvgIpc) is 2.27. The van der Waals surface area contributed by atoms with E-state index in [2.05, 4.69) is 52.0 Å². The molecular formula is C16H24O. The van der Waals surface area contributed by atoms with Crippen LogP contribution in [0.25, 0.3) is 0 Å². The van der Waals surface area contributed by atoms with Crippen molar-refractivity contribution in [3.63, 3.8) is 0 Å². The molecule has 94 valence electrons. The van der Waals surface area contributed by atoms with Crippen LogP contribution in [-0.4, -0.2) is 13.2 Å². The Labute approximate surface area is 105 Å². The Morgan fingerprint density at radius 3 is 2.47 bits per heavy atom. The highest BCUT2D eigenvalue weighted by molar-refractivity contribution is 5.40. The summed E-state index contributed by atoms with van der Waals surface area (Å²) in [6, 6.07) is 8.89. The van der Waals surface area contributed by atoms with Gasteiger partial charge in [0, 0.05) is 13.0 Å². The van der Waals surface area contributed by atoms with Crippen LogP contribution >= 0.6 is 0 Å². The first-order chi connectivity index (χ1) is 7.97. The second-order valence-electron chi connectivity index (χ2n) is 6.22. The summed E-state index contributed by atoms with van der Waals surface area (Å²) in [6.45, 7) is 9.25. The van der Waals surface area contributed by atoms with E-state index in [0.717, 1.165) is 6.42 Å². The topological polar surface area (TPSA) is 9.23 Å². The molecule has 1 aromatic carbocycles. The van der Waals surface area contributed by atoms with Crippen LogP contribution in [0.2, 0.25) is 0 Å². The normalized spacial score (nSPS) is 26.9. The largest absolute Gasteiger partial charge is 0.381 e. The van der Waals surface area contributed by atoms with E-state index in [9.17, 15) is 0 Å². The van der Waals surface area contributed by atoms with Crippen molar-refractivity contribution in [2.75, 3.05) is 7.11 Å². The van der Waals surface area contributed by atoms with Crippen molar-refractivity contribution in [1.29, 1.82) is 0 Å². The number of hydrogen-bond acceptors (Lipinski definition) is 1. The third-order valence-corrected chi connectivity index (χ3v) is 4.18. The molecule has 0 aromatic heterocycles. The number of ether oxygens (including phenoxy) is 1. The predicted octanol–water partition coefficient (Wildman–Crippen LogP) is 4.12. The lowest BCUT2D eigenvalue weighted by Gasteiger charge is -2.43. The zero-order valence-corrected chi connectivity index (χ0v) is 11.7. The summed E-state index contributed by atoms with van der Waals surface area (Å²) in [5.74, 6) is 1.15. The van der Waals surface area contributed by atoms with Gasteiger partial charge in [0.25, 0.3) is 0 Å². The molecule has 1 nitrogen and oxygen atoms in total. The Morgan fingerprint density at radius 2 is 1.88 bits per heavy atom. The highest BCUT2D eigenvalue weighted by Gasteiger charge is 2.40. The van der Waals surface area contributed by atoms with Crippen molar-refractivity contribution in [2.45, 2.75) is 51.6 Å². The van der Waals surface area contributed by atoms with Crippen molar-refractivity contribution in [1.82, 2.24) is 0 Å². The van der Waals surface area contributed by atoms with Crippen LogP contribution in [0.1, 0.15) is 51.2 Å². The summed E-state index contributed by atoms with van der Waals surface area (Å²) in [5.41, 5.74) is 3.22. The monoisotopic (exact) mass is 232 g/mol. The third-order valence-electron chi connectivity index (χ3n) is 4.18. The number of fused-ring (bicyclic) bond motifs is 1.